The van der Waals surface area contributed by atoms with Crippen LogP contribution in [0.5, 0.6) is 0 Å². The molecule has 1 atom stereocenters. The molecule has 0 bridgehead atoms. The van der Waals surface area contributed by atoms with Crippen molar-refractivity contribution < 1.29 is 9.13 Å². The van der Waals surface area contributed by atoms with E-state index in [9.17, 15) is 4.39 Å². The van der Waals surface area contributed by atoms with Crippen molar-refractivity contribution in [1.29, 1.82) is 0 Å². The molecular weight excluding hydrogens is 387 g/mol. The van der Waals surface area contributed by atoms with Gasteiger partial charge in [-0.05, 0) is 29.7 Å². The lowest BCUT2D eigenvalue weighted by atomic mass is 10.0. The second-order valence-corrected chi connectivity index (χ2v) is 7.46. The summed E-state index contributed by atoms with van der Waals surface area (Å²) in [6, 6.07) is 5.29. The normalized spacial score (nSPS) is 17.6. The minimum atomic E-state index is -0.249. The molecule has 1 aromatic rings. The largest absolute Gasteiger partial charge is 0.379 e. The molecule has 1 unspecified atom stereocenters. The number of guanidine groups is 1. The number of benzene rings is 1. The minimum absolute atomic E-state index is 0.249. The summed E-state index contributed by atoms with van der Waals surface area (Å²) in [4.78, 5) is 6.74. The van der Waals surface area contributed by atoms with Crippen LogP contribution in [-0.2, 0) is 11.3 Å². The summed E-state index contributed by atoms with van der Waals surface area (Å²) >= 11 is 3.32. The van der Waals surface area contributed by atoms with E-state index in [0.29, 0.717) is 18.5 Å². The third-order valence-electron chi connectivity index (χ3n) is 4.37. The van der Waals surface area contributed by atoms with Crippen LogP contribution in [0.25, 0.3) is 0 Å². The van der Waals surface area contributed by atoms with Crippen LogP contribution in [0.1, 0.15) is 19.4 Å². The number of morpholine rings is 1. The van der Waals surface area contributed by atoms with Gasteiger partial charge in [0.2, 0.25) is 0 Å². The van der Waals surface area contributed by atoms with Crippen molar-refractivity contribution in [3.8, 4) is 0 Å². The standard InChI is InChI=1S/C18H28BrFN4O/c1-13(2)17(24-4-6-25-7-5-24)12-23-18(21-3)22-11-14-8-15(19)10-16(20)9-14/h8-10,13,17H,4-7,11-12H2,1-3H3,(H2,21,22,23). The molecule has 1 heterocycles. The average Bonchev–Trinajstić information content (AvgIpc) is 2.57. The molecule has 1 aromatic carbocycles. The molecular formula is C18H28BrFN4O. The summed E-state index contributed by atoms with van der Waals surface area (Å²) in [5.74, 6) is 1.00. The van der Waals surface area contributed by atoms with Crippen LogP contribution in [0.4, 0.5) is 4.39 Å². The Hall–Kier alpha value is -1.18. The highest BCUT2D eigenvalue weighted by Gasteiger charge is 2.23. The van der Waals surface area contributed by atoms with E-state index in [1.54, 1.807) is 7.05 Å². The van der Waals surface area contributed by atoms with Gasteiger partial charge in [-0.25, -0.2) is 4.39 Å². The van der Waals surface area contributed by atoms with Gasteiger partial charge < -0.3 is 15.4 Å². The fraction of sp³-hybridized carbons (Fsp3) is 0.611. The first-order valence-electron chi connectivity index (χ1n) is 8.71. The van der Waals surface area contributed by atoms with Crippen molar-refractivity contribution in [2.24, 2.45) is 10.9 Å². The Morgan fingerprint density at radius 2 is 2.00 bits per heavy atom. The van der Waals surface area contributed by atoms with E-state index in [1.807, 2.05) is 6.07 Å². The third-order valence-corrected chi connectivity index (χ3v) is 4.83. The van der Waals surface area contributed by atoms with Gasteiger partial charge >= 0.3 is 0 Å². The SMILES string of the molecule is CN=C(NCc1cc(F)cc(Br)c1)NCC(C(C)C)N1CCOCC1. The van der Waals surface area contributed by atoms with Gasteiger partial charge in [-0.15, -0.1) is 0 Å². The number of hydrogen-bond acceptors (Lipinski definition) is 3. The van der Waals surface area contributed by atoms with Crippen LogP contribution in [-0.4, -0.2) is 56.8 Å². The van der Waals surface area contributed by atoms with E-state index in [4.69, 9.17) is 4.74 Å². The molecule has 1 aliphatic heterocycles. The number of ether oxygens (including phenoxy) is 1. The average molecular weight is 415 g/mol. The van der Waals surface area contributed by atoms with Gasteiger partial charge in [-0.1, -0.05) is 29.8 Å². The predicted molar refractivity (Wildman–Crippen MR) is 103 cm³/mol. The lowest BCUT2D eigenvalue weighted by Gasteiger charge is -2.37. The molecule has 140 valence electrons. The molecule has 0 aromatic heterocycles. The Morgan fingerprint density at radius 1 is 1.28 bits per heavy atom. The van der Waals surface area contributed by atoms with E-state index in [0.717, 1.165) is 48.8 Å². The molecule has 2 N–H and O–H groups in total. The molecule has 5 nitrogen and oxygen atoms in total. The number of nitrogens with one attached hydrogen (secondary N) is 2. The van der Waals surface area contributed by atoms with Crippen LogP contribution in [0.3, 0.4) is 0 Å². The highest BCUT2D eigenvalue weighted by molar-refractivity contribution is 9.10. The number of halogens is 2. The Balaban J connectivity index is 1.87. The fourth-order valence-electron chi connectivity index (χ4n) is 3.02. The summed E-state index contributed by atoms with van der Waals surface area (Å²) < 4.78 is 19.6. The second-order valence-electron chi connectivity index (χ2n) is 6.54. The van der Waals surface area contributed by atoms with Gasteiger partial charge in [0.15, 0.2) is 5.96 Å². The monoisotopic (exact) mass is 414 g/mol. The van der Waals surface area contributed by atoms with Gasteiger partial charge in [0.25, 0.3) is 0 Å². The number of nitrogens with zero attached hydrogens (tertiary/aromatic N) is 2. The maximum absolute atomic E-state index is 13.5. The van der Waals surface area contributed by atoms with E-state index < -0.39 is 0 Å². The molecule has 0 radical (unpaired) electrons. The zero-order chi connectivity index (χ0) is 18.2. The van der Waals surface area contributed by atoms with Gasteiger partial charge in [0, 0.05) is 43.7 Å². The second kappa shape index (κ2) is 10.1. The Labute approximate surface area is 158 Å². The molecule has 0 saturated carbocycles. The smallest absolute Gasteiger partial charge is 0.191 e. The molecule has 0 amide bonds. The zero-order valence-corrected chi connectivity index (χ0v) is 16.8. The topological polar surface area (TPSA) is 48.9 Å². The Morgan fingerprint density at radius 3 is 2.60 bits per heavy atom. The van der Waals surface area contributed by atoms with Crippen molar-refractivity contribution in [1.82, 2.24) is 15.5 Å². The van der Waals surface area contributed by atoms with Crippen molar-refractivity contribution in [2.45, 2.75) is 26.4 Å². The number of rotatable bonds is 6. The molecule has 25 heavy (non-hydrogen) atoms. The van der Waals surface area contributed by atoms with E-state index in [2.05, 4.69) is 50.3 Å². The molecule has 0 aliphatic carbocycles. The van der Waals surface area contributed by atoms with Gasteiger partial charge in [-0.2, -0.15) is 0 Å². The fourth-order valence-corrected chi connectivity index (χ4v) is 3.53. The van der Waals surface area contributed by atoms with Gasteiger partial charge in [-0.3, -0.25) is 9.89 Å². The maximum atomic E-state index is 13.5. The first kappa shape index (κ1) is 20.1. The van der Waals surface area contributed by atoms with Crippen molar-refractivity contribution in [2.75, 3.05) is 39.9 Å². The molecule has 1 saturated heterocycles. The number of aliphatic imine (C=N–C) groups is 1. The van der Waals surface area contributed by atoms with Gasteiger partial charge in [0.05, 0.1) is 13.2 Å². The summed E-state index contributed by atoms with van der Waals surface area (Å²) in [5.41, 5.74) is 0.864. The molecule has 1 aliphatic rings. The highest BCUT2D eigenvalue weighted by Crippen LogP contribution is 2.15. The van der Waals surface area contributed by atoms with Crippen LogP contribution < -0.4 is 10.6 Å². The van der Waals surface area contributed by atoms with Crippen molar-refractivity contribution in [3.05, 3.63) is 34.1 Å². The Kier molecular flexibility index (Phi) is 8.12. The van der Waals surface area contributed by atoms with Crippen LogP contribution in [0, 0.1) is 11.7 Å². The quantitative estimate of drug-likeness (QED) is 0.554. The van der Waals surface area contributed by atoms with Crippen LogP contribution in [0.15, 0.2) is 27.7 Å². The van der Waals surface area contributed by atoms with Crippen LogP contribution >= 0.6 is 15.9 Å². The van der Waals surface area contributed by atoms with E-state index in [-0.39, 0.29) is 5.82 Å². The predicted octanol–water partition coefficient (Wildman–Crippen LogP) is 2.61. The third kappa shape index (κ3) is 6.56. The highest BCUT2D eigenvalue weighted by atomic mass is 79.9. The van der Waals surface area contributed by atoms with Crippen molar-refractivity contribution >= 4 is 21.9 Å². The molecule has 2 rings (SSSR count). The summed E-state index contributed by atoms with van der Waals surface area (Å²) in [6.45, 7) is 9.33. The lowest BCUT2D eigenvalue weighted by Crippen LogP contribution is -2.52. The molecule has 0 spiro atoms. The first-order chi connectivity index (χ1) is 12.0. The summed E-state index contributed by atoms with van der Waals surface area (Å²) in [5, 5.41) is 6.64. The number of hydrogen-bond donors (Lipinski definition) is 2. The first-order valence-corrected chi connectivity index (χ1v) is 9.50. The van der Waals surface area contributed by atoms with E-state index in [1.165, 1.54) is 12.1 Å². The van der Waals surface area contributed by atoms with Crippen LogP contribution in [0.2, 0.25) is 0 Å². The summed E-state index contributed by atoms with van der Waals surface area (Å²) in [7, 11) is 1.75. The molecule has 1 fully saturated rings. The minimum Gasteiger partial charge on any atom is -0.379 e. The van der Waals surface area contributed by atoms with E-state index >= 15 is 0 Å². The maximum Gasteiger partial charge on any atom is 0.191 e. The molecule has 7 heteroatoms. The Bertz CT molecular complexity index is 556. The van der Waals surface area contributed by atoms with Crippen molar-refractivity contribution in [3.63, 3.8) is 0 Å². The summed E-state index contributed by atoms with van der Waals surface area (Å²) in [6.07, 6.45) is 0. The van der Waals surface area contributed by atoms with Gasteiger partial charge in [0.1, 0.15) is 5.82 Å². The zero-order valence-electron chi connectivity index (χ0n) is 15.2. The lowest BCUT2D eigenvalue weighted by molar-refractivity contribution is 0.00752.